The Bertz CT molecular complexity index is 1110. The maximum Gasteiger partial charge on any atom is 0.228 e. The van der Waals surface area contributed by atoms with E-state index in [0.29, 0.717) is 13.0 Å². The van der Waals surface area contributed by atoms with E-state index < -0.39 is 0 Å². The van der Waals surface area contributed by atoms with E-state index in [2.05, 4.69) is 35.9 Å². The molecule has 6 nitrogen and oxygen atoms in total. The van der Waals surface area contributed by atoms with Crippen molar-refractivity contribution in [2.24, 2.45) is 0 Å². The first-order valence-electron chi connectivity index (χ1n) is 11.5. The third kappa shape index (κ3) is 4.32. The smallest absolute Gasteiger partial charge is 0.228 e. The van der Waals surface area contributed by atoms with E-state index >= 15 is 0 Å². The molecular weight excluding hydrogens is 418 g/mol. The van der Waals surface area contributed by atoms with Crippen molar-refractivity contribution in [1.82, 2.24) is 19.9 Å². The summed E-state index contributed by atoms with van der Waals surface area (Å²) in [5.41, 5.74) is 3.24. The molecule has 1 amide bonds. The first-order valence-corrected chi connectivity index (χ1v) is 12.3. The molecule has 0 radical (unpaired) electrons. The summed E-state index contributed by atoms with van der Waals surface area (Å²) in [4.78, 5) is 33.0. The zero-order valence-corrected chi connectivity index (χ0v) is 19.6. The van der Waals surface area contributed by atoms with Gasteiger partial charge in [-0.2, -0.15) is 0 Å². The van der Waals surface area contributed by atoms with E-state index in [4.69, 9.17) is 9.97 Å². The SMILES string of the molecule is Cc1ncc(CN2CCCCC2c2nc(C)c3c(n2)N(Cc2ccccc2)C(=O)CC3)s1. The molecule has 0 spiro atoms. The molecule has 1 fully saturated rings. The Kier molecular flexibility index (Phi) is 6.02. The lowest BCUT2D eigenvalue weighted by molar-refractivity contribution is -0.119. The number of aryl methyl sites for hydroxylation is 2. The van der Waals surface area contributed by atoms with Crippen molar-refractivity contribution in [3.05, 3.63) is 69.1 Å². The number of benzene rings is 1. The lowest BCUT2D eigenvalue weighted by Crippen LogP contribution is -2.38. The van der Waals surface area contributed by atoms with Gasteiger partial charge in [0.15, 0.2) is 0 Å². The van der Waals surface area contributed by atoms with Crippen molar-refractivity contribution in [1.29, 1.82) is 0 Å². The average Bonchev–Trinajstić information content (AvgIpc) is 3.21. The number of likely N-dealkylation sites (tertiary alicyclic amines) is 1. The molecule has 2 aromatic heterocycles. The summed E-state index contributed by atoms with van der Waals surface area (Å²) in [7, 11) is 0. The summed E-state index contributed by atoms with van der Waals surface area (Å²) in [5.74, 6) is 1.81. The fraction of sp³-hybridized carbons (Fsp3) is 0.440. The number of carbonyl (C=O) groups is 1. The molecule has 1 unspecified atom stereocenters. The molecule has 4 heterocycles. The number of hydrogen-bond acceptors (Lipinski definition) is 6. The molecule has 7 heteroatoms. The van der Waals surface area contributed by atoms with Crippen molar-refractivity contribution < 1.29 is 4.79 Å². The lowest BCUT2D eigenvalue weighted by atomic mass is 9.99. The molecular formula is C25H29N5OS. The van der Waals surface area contributed by atoms with Crippen LogP contribution in [0.1, 0.15) is 64.3 Å². The van der Waals surface area contributed by atoms with Gasteiger partial charge >= 0.3 is 0 Å². The number of fused-ring (bicyclic) bond motifs is 1. The number of aromatic nitrogens is 3. The van der Waals surface area contributed by atoms with Crippen LogP contribution in [0.15, 0.2) is 36.5 Å². The van der Waals surface area contributed by atoms with Gasteiger partial charge in [-0.1, -0.05) is 36.8 Å². The van der Waals surface area contributed by atoms with Gasteiger partial charge in [0.2, 0.25) is 5.91 Å². The van der Waals surface area contributed by atoms with Gasteiger partial charge in [-0.25, -0.2) is 15.0 Å². The zero-order valence-electron chi connectivity index (χ0n) is 18.8. The van der Waals surface area contributed by atoms with E-state index in [1.165, 1.54) is 17.7 Å². The molecule has 1 aromatic carbocycles. The van der Waals surface area contributed by atoms with Crippen LogP contribution >= 0.6 is 11.3 Å². The van der Waals surface area contributed by atoms with Crippen LogP contribution in [0.4, 0.5) is 5.82 Å². The van der Waals surface area contributed by atoms with Crippen LogP contribution in [-0.4, -0.2) is 32.3 Å². The van der Waals surface area contributed by atoms with Crippen molar-refractivity contribution in [3.63, 3.8) is 0 Å². The van der Waals surface area contributed by atoms with Crippen LogP contribution in [0, 0.1) is 13.8 Å². The highest BCUT2D eigenvalue weighted by atomic mass is 32.1. The van der Waals surface area contributed by atoms with Crippen LogP contribution in [0.25, 0.3) is 0 Å². The first-order chi connectivity index (χ1) is 15.6. The van der Waals surface area contributed by atoms with Crippen molar-refractivity contribution in [2.75, 3.05) is 11.4 Å². The highest BCUT2D eigenvalue weighted by Crippen LogP contribution is 2.35. The molecule has 0 bridgehead atoms. The van der Waals surface area contributed by atoms with Crippen LogP contribution in [0.5, 0.6) is 0 Å². The summed E-state index contributed by atoms with van der Waals surface area (Å²) in [6, 6.07) is 10.3. The van der Waals surface area contributed by atoms with Gasteiger partial charge in [0, 0.05) is 35.3 Å². The second-order valence-corrected chi connectivity index (χ2v) is 10.1. The number of rotatable bonds is 5. The zero-order chi connectivity index (χ0) is 22.1. The average molecular weight is 448 g/mol. The highest BCUT2D eigenvalue weighted by Gasteiger charge is 2.32. The van der Waals surface area contributed by atoms with Gasteiger partial charge in [-0.15, -0.1) is 11.3 Å². The van der Waals surface area contributed by atoms with Crippen molar-refractivity contribution in [3.8, 4) is 0 Å². The Balaban J connectivity index is 1.48. The third-order valence-corrected chi connectivity index (χ3v) is 7.38. The maximum absolute atomic E-state index is 12.9. The number of hydrogen-bond donors (Lipinski definition) is 0. The minimum Gasteiger partial charge on any atom is -0.292 e. The summed E-state index contributed by atoms with van der Waals surface area (Å²) in [6.45, 7) is 6.59. The Morgan fingerprint density at radius 2 is 1.91 bits per heavy atom. The van der Waals surface area contributed by atoms with E-state index in [9.17, 15) is 4.79 Å². The Morgan fingerprint density at radius 1 is 1.06 bits per heavy atom. The van der Waals surface area contributed by atoms with Gasteiger partial charge < -0.3 is 0 Å². The molecule has 2 aliphatic rings. The Hall–Kier alpha value is -2.64. The quantitative estimate of drug-likeness (QED) is 0.564. The number of carbonyl (C=O) groups excluding carboxylic acids is 1. The predicted octanol–water partition coefficient (Wildman–Crippen LogP) is 4.76. The first kappa shape index (κ1) is 21.2. The summed E-state index contributed by atoms with van der Waals surface area (Å²) >= 11 is 1.76. The molecule has 166 valence electrons. The van der Waals surface area contributed by atoms with E-state index in [1.807, 2.05) is 29.3 Å². The number of thiazole rings is 1. The fourth-order valence-electron chi connectivity index (χ4n) is 4.83. The van der Waals surface area contributed by atoms with E-state index in [1.54, 1.807) is 11.3 Å². The number of amides is 1. The van der Waals surface area contributed by atoms with E-state index in [-0.39, 0.29) is 11.9 Å². The molecule has 5 rings (SSSR count). The molecule has 1 saturated heterocycles. The lowest BCUT2D eigenvalue weighted by Gasteiger charge is -2.36. The number of piperidine rings is 1. The largest absolute Gasteiger partial charge is 0.292 e. The monoisotopic (exact) mass is 447 g/mol. The van der Waals surface area contributed by atoms with Gasteiger partial charge in [0.1, 0.15) is 11.6 Å². The van der Waals surface area contributed by atoms with Gasteiger partial charge in [0.05, 0.1) is 17.6 Å². The highest BCUT2D eigenvalue weighted by molar-refractivity contribution is 7.11. The minimum atomic E-state index is 0.144. The normalized spacial score (nSPS) is 19.2. The molecule has 1 atom stereocenters. The Labute approximate surface area is 193 Å². The second-order valence-electron chi connectivity index (χ2n) is 8.76. The van der Waals surface area contributed by atoms with Gasteiger partial charge in [-0.05, 0) is 45.2 Å². The van der Waals surface area contributed by atoms with Gasteiger partial charge in [0.25, 0.3) is 0 Å². The summed E-state index contributed by atoms with van der Waals surface area (Å²) in [6.07, 6.45) is 6.64. The molecule has 0 aliphatic carbocycles. The minimum absolute atomic E-state index is 0.144. The van der Waals surface area contributed by atoms with Gasteiger partial charge in [-0.3, -0.25) is 14.6 Å². The van der Waals surface area contributed by atoms with Crippen LogP contribution < -0.4 is 4.90 Å². The van der Waals surface area contributed by atoms with Crippen LogP contribution in [-0.2, 0) is 24.3 Å². The van der Waals surface area contributed by atoms with Crippen LogP contribution in [0.3, 0.4) is 0 Å². The molecule has 2 aliphatic heterocycles. The van der Waals surface area contributed by atoms with Crippen molar-refractivity contribution in [2.45, 2.75) is 65.1 Å². The topological polar surface area (TPSA) is 62.2 Å². The summed E-state index contributed by atoms with van der Waals surface area (Å²) < 4.78 is 0. The second kappa shape index (κ2) is 9.08. The van der Waals surface area contributed by atoms with Crippen molar-refractivity contribution >= 4 is 23.1 Å². The number of nitrogens with zero attached hydrogens (tertiary/aromatic N) is 5. The molecule has 0 saturated carbocycles. The summed E-state index contributed by atoms with van der Waals surface area (Å²) in [5, 5.41) is 1.10. The standard InChI is InChI=1S/C25H29N5OS/c1-17-21-11-12-23(31)30(15-19-8-4-3-5-9-19)25(21)28-24(27-17)22-10-6-7-13-29(22)16-20-14-26-18(2)32-20/h3-5,8-9,14,22H,6-7,10-13,15-16H2,1-2H3. The third-order valence-electron chi connectivity index (χ3n) is 6.48. The van der Waals surface area contributed by atoms with Crippen LogP contribution in [0.2, 0.25) is 0 Å². The molecule has 32 heavy (non-hydrogen) atoms. The molecule has 0 N–H and O–H groups in total. The van der Waals surface area contributed by atoms with E-state index in [0.717, 1.165) is 59.4 Å². The molecule has 3 aromatic rings. The predicted molar refractivity (Wildman–Crippen MR) is 127 cm³/mol. The fourth-order valence-corrected chi connectivity index (χ4v) is 5.65. The Morgan fingerprint density at radius 3 is 2.69 bits per heavy atom. The number of anilines is 1. The maximum atomic E-state index is 12.9.